The van der Waals surface area contributed by atoms with Crippen LogP contribution >= 0.6 is 0 Å². The second-order valence-electron chi connectivity index (χ2n) is 7.76. The fourth-order valence-electron chi connectivity index (χ4n) is 3.77. The Morgan fingerprint density at radius 2 is 1.81 bits per heavy atom. The van der Waals surface area contributed by atoms with Crippen molar-refractivity contribution in [3.05, 3.63) is 82.3 Å². The standard InChI is InChI=1S/C25H25N3O4/c1-15-10-12-18(13-11-15)26-25(30)23-16(2)22-20(8-5-9-21(22)32-23)27-28-24(29)17-6-4-7-19(14-17)31-3/h4,6-7,10-14H,5,8-9H2,1-3H3,(H,26,30)(H,28,29)/b27-20+. The van der Waals surface area contributed by atoms with Crippen molar-refractivity contribution in [1.82, 2.24) is 5.43 Å². The van der Waals surface area contributed by atoms with E-state index in [2.05, 4.69) is 15.8 Å². The second-order valence-corrected chi connectivity index (χ2v) is 7.76. The van der Waals surface area contributed by atoms with E-state index in [9.17, 15) is 9.59 Å². The third kappa shape index (κ3) is 4.42. The van der Waals surface area contributed by atoms with Crippen molar-refractivity contribution in [3.63, 3.8) is 0 Å². The Kier molecular flexibility index (Phi) is 6.07. The predicted octanol–water partition coefficient (Wildman–Crippen LogP) is 4.63. The van der Waals surface area contributed by atoms with E-state index in [4.69, 9.17) is 9.15 Å². The van der Waals surface area contributed by atoms with Crippen LogP contribution in [0.5, 0.6) is 5.75 Å². The molecule has 4 rings (SSSR count). The molecule has 0 fully saturated rings. The summed E-state index contributed by atoms with van der Waals surface area (Å²) in [5.74, 6) is 0.948. The van der Waals surface area contributed by atoms with Gasteiger partial charge in [-0.1, -0.05) is 23.8 Å². The minimum Gasteiger partial charge on any atom is -0.497 e. The minimum absolute atomic E-state index is 0.268. The minimum atomic E-state index is -0.331. The molecule has 0 bridgehead atoms. The van der Waals surface area contributed by atoms with Gasteiger partial charge in [-0.25, -0.2) is 5.43 Å². The maximum Gasteiger partial charge on any atom is 0.291 e. The molecule has 2 amide bonds. The quantitative estimate of drug-likeness (QED) is 0.576. The molecule has 0 spiro atoms. The second kappa shape index (κ2) is 9.09. The van der Waals surface area contributed by atoms with Crippen LogP contribution < -0.4 is 15.5 Å². The van der Waals surface area contributed by atoms with Crippen LogP contribution in [0.2, 0.25) is 0 Å². The van der Waals surface area contributed by atoms with Gasteiger partial charge in [0.2, 0.25) is 0 Å². The highest BCUT2D eigenvalue weighted by Crippen LogP contribution is 2.30. The maximum absolute atomic E-state index is 12.8. The number of carbonyl (C=O) groups is 2. The summed E-state index contributed by atoms with van der Waals surface area (Å²) in [4.78, 5) is 25.4. The van der Waals surface area contributed by atoms with Crippen LogP contribution in [0.15, 0.2) is 58.0 Å². The molecule has 1 aliphatic rings. The number of hydrazone groups is 1. The molecule has 0 aliphatic heterocycles. The monoisotopic (exact) mass is 431 g/mol. The molecule has 32 heavy (non-hydrogen) atoms. The number of nitrogens with zero attached hydrogens (tertiary/aromatic N) is 1. The molecular weight excluding hydrogens is 406 g/mol. The molecule has 1 aromatic heterocycles. The zero-order chi connectivity index (χ0) is 22.7. The number of carbonyl (C=O) groups excluding carboxylic acids is 2. The lowest BCUT2D eigenvalue weighted by Crippen LogP contribution is -2.22. The molecule has 2 N–H and O–H groups in total. The van der Waals surface area contributed by atoms with Gasteiger partial charge in [0, 0.05) is 28.8 Å². The number of hydrogen-bond acceptors (Lipinski definition) is 5. The first kappa shape index (κ1) is 21.4. The first-order chi connectivity index (χ1) is 15.5. The highest BCUT2D eigenvalue weighted by Gasteiger charge is 2.28. The van der Waals surface area contributed by atoms with Crippen molar-refractivity contribution in [2.75, 3.05) is 12.4 Å². The van der Waals surface area contributed by atoms with Crippen LogP contribution in [0, 0.1) is 13.8 Å². The summed E-state index contributed by atoms with van der Waals surface area (Å²) in [6.45, 7) is 3.83. The van der Waals surface area contributed by atoms with Gasteiger partial charge < -0.3 is 14.5 Å². The van der Waals surface area contributed by atoms with E-state index in [0.717, 1.165) is 35.3 Å². The summed E-state index contributed by atoms with van der Waals surface area (Å²) in [6.07, 6.45) is 2.23. The van der Waals surface area contributed by atoms with Crippen molar-refractivity contribution < 1.29 is 18.7 Å². The van der Waals surface area contributed by atoms with Gasteiger partial charge in [0.05, 0.1) is 12.8 Å². The molecular formula is C25H25N3O4. The van der Waals surface area contributed by atoms with Crippen molar-refractivity contribution >= 4 is 23.2 Å². The number of furan rings is 1. The number of ether oxygens (including phenoxy) is 1. The summed E-state index contributed by atoms with van der Waals surface area (Å²) in [6, 6.07) is 14.4. The average Bonchev–Trinajstić information content (AvgIpc) is 3.16. The highest BCUT2D eigenvalue weighted by atomic mass is 16.5. The highest BCUT2D eigenvalue weighted by molar-refractivity contribution is 6.09. The molecule has 164 valence electrons. The number of nitrogens with one attached hydrogen (secondary N) is 2. The lowest BCUT2D eigenvalue weighted by molar-refractivity contribution is 0.0953. The average molecular weight is 431 g/mol. The Balaban J connectivity index is 1.55. The number of hydrogen-bond donors (Lipinski definition) is 2. The fraction of sp³-hybridized carbons (Fsp3) is 0.240. The van der Waals surface area contributed by atoms with Gasteiger partial charge in [0.15, 0.2) is 5.76 Å². The van der Waals surface area contributed by atoms with Gasteiger partial charge in [-0.2, -0.15) is 5.10 Å². The largest absolute Gasteiger partial charge is 0.497 e. The van der Waals surface area contributed by atoms with E-state index in [-0.39, 0.29) is 17.6 Å². The molecule has 7 nitrogen and oxygen atoms in total. The molecule has 2 aromatic carbocycles. The molecule has 7 heteroatoms. The van der Waals surface area contributed by atoms with E-state index >= 15 is 0 Å². The molecule has 0 saturated carbocycles. The Morgan fingerprint density at radius 3 is 2.56 bits per heavy atom. The Bertz CT molecular complexity index is 1190. The molecule has 1 aliphatic carbocycles. The van der Waals surface area contributed by atoms with Crippen LogP contribution in [0.1, 0.15) is 56.2 Å². The van der Waals surface area contributed by atoms with E-state index < -0.39 is 0 Å². The molecule has 1 heterocycles. The number of aryl methyl sites for hydroxylation is 2. The van der Waals surface area contributed by atoms with E-state index in [1.807, 2.05) is 38.1 Å². The number of amides is 2. The third-order valence-corrected chi connectivity index (χ3v) is 5.47. The van der Waals surface area contributed by atoms with Crippen molar-refractivity contribution in [3.8, 4) is 5.75 Å². The van der Waals surface area contributed by atoms with E-state index in [1.165, 1.54) is 0 Å². The molecule has 3 aromatic rings. The summed E-state index contributed by atoms with van der Waals surface area (Å²) < 4.78 is 11.1. The zero-order valence-electron chi connectivity index (χ0n) is 18.3. The lowest BCUT2D eigenvalue weighted by Gasteiger charge is -2.13. The SMILES string of the molecule is COc1cccc(C(=O)N/N=C2\CCCc3oc(C(=O)Nc4ccc(C)cc4)c(C)c32)c1. The number of benzene rings is 2. The number of rotatable bonds is 5. The molecule has 0 radical (unpaired) electrons. The summed E-state index contributed by atoms with van der Waals surface area (Å²) in [5.41, 5.74) is 7.12. The zero-order valence-corrected chi connectivity index (χ0v) is 18.3. The van der Waals surface area contributed by atoms with E-state index in [0.29, 0.717) is 29.1 Å². The number of anilines is 1. The van der Waals surface area contributed by atoms with Crippen LogP contribution in [0.3, 0.4) is 0 Å². The summed E-state index contributed by atoms with van der Waals surface area (Å²) in [7, 11) is 1.55. The number of methoxy groups -OCH3 is 1. The lowest BCUT2D eigenvalue weighted by atomic mass is 9.93. The summed E-state index contributed by atoms with van der Waals surface area (Å²) >= 11 is 0. The first-order valence-electron chi connectivity index (χ1n) is 10.5. The Labute approximate surface area is 186 Å². The van der Waals surface area contributed by atoms with E-state index in [1.54, 1.807) is 31.4 Å². The first-order valence-corrected chi connectivity index (χ1v) is 10.5. The van der Waals surface area contributed by atoms with Crippen molar-refractivity contribution in [2.45, 2.75) is 33.1 Å². The maximum atomic E-state index is 12.8. The van der Waals surface area contributed by atoms with Gasteiger partial charge in [-0.3, -0.25) is 9.59 Å². The Morgan fingerprint density at radius 1 is 1.03 bits per heavy atom. The van der Waals surface area contributed by atoms with Gasteiger partial charge in [-0.15, -0.1) is 0 Å². The normalized spacial score (nSPS) is 14.0. The third-order valence-electron chi connectivity index (χ3n) is 5.47. The molecule has 0 saturated heterocycles. The van der Waals surface area contributed by atoms with Gasteiger partial charge in [-0.05, 0) is 57.0 Å². The molecule has 0 unspecified atom stereocenters. The summed E-state index contributed by atoms with van der Waals surface area (Å²) in [5, 5.41) is 7.25. The fourth-order valence-corrected chi connectivity index (χ4v) is 3.77. The van der Waals surface area contributed by atoms with Gasteiger partial charge >= 0.3 is 0 Å². The topological polar surface area (TPSA) is 92.9 Å². The van der Waals surface area contributed by atoms with Crippen LogP contribution in [-0.2, 0) is 6.42 Å². The molecule has 0 atom stereocenters. The predicted molar refractivity (Wildman–Crippen MR) is 123 cm³/mol. The Hall–Kier alpha value is -3.87. The number of fused-ring (bicyclic) bond motifs is 1. The smallest absolute Gasteiger partial charge is 0.291 e. The van der Waals surface area contributed by atoms with Crippen molar-refractivity contribution in [1.29, 1.82) is 0 Å². The van der Waals surface area contributed by atoms with Crippen molar-refractivity contribution in [2.24, 2.45) is 5.10 Å². The van der Waals surface area contributed by atoms with Crippen LogP contribution in [0.4, 0.5) is 5.69 Å². The van der Waals surface area contributed by atoms with Crippen LogP contribution in [0.25, 0.3) is 0 Å². The van der Waals surface area contributed by atoms with Gasteiger partial charge in [0.1, 0.15) is 11.5 Å². The van der Waals surface area contributed by atoms with Gasteiger partial charge in [0.25, 0.3) is 11.8 Å². The van der Waals surface area contributed by atoms with Crippen LogP contribution in [-0.4, -0.2) is 24.6 Å².